The Morgan fingerprint density at radius 2 is 2.10 bits per heavy atom. The third kappa shape index (κ3) is 6.72. The Balaban J connectivity index is 2.19. The van der Waals surface area contributed by atoms with E-state index in [9.17, 15) is 9.59 Å². The van der Waals surface area contributed by atoms with Crippen molar-refractivity contribution in [2.75, 3.05) is 26.8 Å². The van der Waals surface area contributed by atoms with Crippen molar-refractivity contribution in [3.63, 3.8) is 0 Å². The van der Waals surface area contributed by atoms with Gasteiger partial charge in [0, 0.05) is 19.1 Å². The third-order valence-corrected chi connectivity index (χ3v) is 2.68. The number of ether oxygens (including phenoxy) is 3. The molecule has 1 aliphatic heterocycles. The molecule has 7 heteroatoms. The highest BCUT2D eigenvalue weighted by atomic mass is 16.6. The average Bonchev–Trinajstić information content (AvgIpc) is 2.36. The van der Waals surface area contributed by atoms with E-state index in [-0.39, 0.29) is 24.5 Å². The Morgan fingerprint density at radius 1 is 1.40 bits per heavy atom. The molecule has 20 heavy (non-hydrogen) atoms. The van der Waals surface area contributed by atoms with Gasteiger partial charge >= 0.3 is 12.1 Å². The first-order chi connectivity index (χ1) is 9.30. The van der Waals surface area contributed by atoms with E-state index >= 15 is 0 Å². The Kier molecular flexibility index (Phi) is 6.22. The maximum absolute atomic E-state index is 11.5. The summed E-state index contributed by atoms with van der Waals surface area (Å²) in [5, 5.41) is 5.89. The summed E-state index contributed by atoms with van der Waals surface area (Å²) in [5.41, 5.74) is -0.508. The van der Waals surface area contributed by atoms with E-state index in [2.05, 4.69) is 15.4 Å². The van der Waals surface area contributed by atoms with E-state index in [1.807, 2.05) is 20.8 Å². The van der Waals surface area contributed by atoms with E-state index in [0.717, 1.165) is 0 Å². The number of carbonyl (C=O) groups excluding carboxylic acids is 2. The molecule has 0 spiro atoms. The van der Waals surface area contributed by atoms with Crippen molar-refractivity contribution >= 4 is 12.1 Å². The molecule has 2 N–H and O–H groups in total. The van der Waals surface area contributed by atoms with Gasteiger partial charge in [0.05, 0.1) is 26.2 Å². The lowest BCUT2D eigenvalue weighted by molar-refractivity contribution is -0.144. The number of esters is 1. The SMILES string of the molecule is COC(=O)CC1CNC(CNC(=O)OC(C)(C)C)CO1. The molecule has 0 aromatic rings. The van der Waals surface area contributed by atoms with Gasteiger partial charge in [0.15, 0.2) is 0 Å². The lowest BCUT2D eigenvalue weighted by Gasteiger charge is -2.30. The van der Waals surface area contributed by atoms with Crippen molar-refractivity contribution in [3.8, 4) is 0 Å². The highest BCUT2D eigenvalue weighted by Crippen LogP contribution is 2.08. The Bertz CT molecular complexity index is 332. The van der Waals surface area contributed by atoms with Gasteiger partial charge in [0.25, 0.3) is 0 Å². The third-order valence-electron chi connectivity index (χ3n) is 2.68. The quantitative estimate of drug-likeness (QED) is 0.730. The van der Waals surface area contributed by atoms with Crippen molar-refractivity contribution in [3.05, 3.63) is 0 Å². The van der Waals surface area contributed by atoms with Crippen LogP contribution in [0.5, 0.6) is 0 Å². The molecule has 0 aromatic carbocycles. The summed E-state index contributed by atoms with van der Waals surface area (Å²) in [6.45, 7) is 6.83. The van der Waals surface area contributed by atoms with Crippen LogP contribution in [-0.2, 0) is 19.0 Å². The smallest absolute Gasteiger partial charge is 0.407 e. The first-order valence-electron chi connectivity index (χ1n) is 6.69. The second kappa shape index (κ2) is 7.44. The monoisotopic (exact) mass is 288 g/mol. The molecule has 1 amide bonds. The molecular formula is C13H24N2O5. The molecule has 0 saturated carbocycles. The number of morpholine rings is 1. The number of nitrogens with one attached hydrogen (secondary N) is 2. The van der Waals surface area contributed by atoms with Crippen molar-refractivity contribution < 1.29 is 23.8 Å². The molecular weight excluding hydrogens is 264 g/mol. The fraction of sp³-hybridized carbons (Fsp3) is 0.846. The van der Waals surface area contributed by atoms with Gasteiger partial charge in [-0.3, -0.25) is 4.79 Å². The molecule has 7 nitrogen and oxygen atoms in total. The number of hydrogen-bond donors (Lipinski definition) is 2. The summed E-state index contributed by atoms with van der Waals surface area (Å²) in [7, 11) is 1.35. The zero-order valence-electron chi connectivity index (χ0n) is 12.5. The number of alkyl carbamates (subject to hydrolysis) is 1. The first-order valence-corrected chi connectivity index (χ1v) is 6.69. The van der Waals surface area contributed by atoms with Crippen LogP contribution in [0, 0.1) is 0 Å². The van der Waals surface area contributed by atoms with Gasteiger partial charge in [-0.2, -0.15) is 0 Å². The molecule has 0 radical (unpaired) electrons. The summed E-state index contributed by atoms with van der Waals surface area (Å²) in [6.07, 6.45) is -0.397. The predicted molar refractivity (Wildman–Crippen MR) is 72.4 cm³/mol. The van der Waals surface area contributed by atoms with Crippen LogP contribution in [0.15, 0.2) is 0 Å². The summed E-state index contributed by atoms with van der Waals surface area (Å²) in [4.78, 5) is 22.6. The maximum Gasteiger partial charge on any atom is 0.407 e. The van der Waals surface area contributed by atoms with Crippen LogP contribution < -0.4 is 10.6 Å². The van der Waals surface area contributed by atoms with E-state index < -0.39 is 11.7 Å². The molecule has 0 bridgehead atoms. The minimum atomic E-state index is -0.508. The summed E-state index contributed by atoms with van der Waals surface area (Å²) in [6, 6.07) is 0.0106. The molecule has 1 fully saturated rings. The van der Waals surface area contributed by atoms with Gasteiger partial charge in [-0.25, -0.2) is 4.79 Å². The van der Waals surface area contributed by atoms with Crippen LogP contribution in [0.2, 0.25) is 0 Å². The van der Waals surface area contributed by atoms with E-state index in [1.54, 1.807) is 0 Å². The molecule has 2 unspecified atom stereocenters. The molecule has 0 aromatic heterocycles. The van der Waals surface area contributed by atoms with Gasteiger partial charge in [0.2, 0.25) is 0 Å². The molecule has 1 heterocycles. The highest BCUT2D eigenvalue weighted by Gasteiger charge is 2.24. The first kappa shape index (κ1) is 16.7. The summed E-state index contributed by atoms with van der Waals surface area (Å²) >= 11 is 0. The number of methoxy groups -OCH3 is 1. The zero-order chi connectivity index (χ0) is 15.2. The van der Waals surface area contributed by atoms with E-state index in [0.29, 0.717) is 19.7 Å². The number of hydrogen-bond acceptors (Lipinski definition) is 6. The van der Waals surface area contributed by atoms with Crippen LogP contribution >= 0.6 is 0 Å². The van der Waals surface area contributed by atoms with Crippen LogP contribution in [0.4, 0.5) is 4.79 Å². The molecule has 116 valence electrons. The van der Waals surface area contributed by atoms with Crippen LogP contribution in [-0.4, -0.2) is 56.6 Å². The van der Waals surface area contributed by atoms with Crippen LogP contribution in [0.3, 0.4) is 0 Å². The standard InChI is InChI=1S/C13H24N2O5/c1-13(2,3)20-12(17)15-6-9-8-19-10(7-14-9)5-11(16)18-4/h9-10,14H,5-8H2,1-4H3,(H,15,17). The number of amides is 1. The van der Waals surface area contributed by atoms with Crippen molar-refractivity contribution in [2.45, 2.75) is 44.9 Å². The second-order valence-electron chi connectivity index (χ2n) is 5.72. The van der Waals surface area contributed by atoms with Gasteiger partial charge in [-0.05, 0) is 20.8 Å². The van der Waals surface area contributed by atoms with E-state index in [4.69, 9.17) is 9.47 Å². The second-order valence-corrected chi connectivity index (χ2v) is 5.72. The van der Waals surface area contributed by atoms with Crippen LogP contribution in [0.25, 0.3) is 0 Å². The molecule has 2 atom stereocenters. The topological polar surface area (TPSA) is 85.9 Å². The Labute approximate surface area is 119 Å². The summed E-state index contributed by atoms with van der Waals surface area (Å²) < 4.78 is 15.3. The predicted octanol–water partition coefficient (Wildman–Crippen LogP) is 0.431. The fourth-order valence-electron chi connectivity index (χ4n) is 1.72. The van der Waals surface area contributed by atoms with Gasteiger partial charge < -0.3 is 24.8 Å². The zero-order valence-corrected chi connectivity index (χ0v) is 12.5. The van der Waals surface area contributed by atoms with Crippen molar-refractivity contribution in [1.29, 1.82) is 0 Å². The maximum atomic E-state index is 11.5. The largest absolute Gasteiger partial charge is 0.469 e. The van der Waals surface area contributed by atoms with Gasteiger partial charge in [-0.1, -0.05) is 0 Å². The molecule has 1 aliphatic rings. The molecule has 1 rings (SSSR count). The Morgan fingerprint density at radius 3 is 2.60 bits per heavy atom. The lowest BCUT2D eigenvalue weighted by atomic mass is 10.2. The number of rotatable bonds is 4. The van der Waals surface area contributed by atoms with E-state index in [1.165, 1.54) is 7.11 Å². The van der Waals surface area contributed by atoms with Gasteiger partial charge in [0.1, 0.15) is 5.60 Å². The average molecular weight is 288 g/mol. The normalized spacial score (nSPS) is 23.0. The fourth-order valence-corrected chi connectivity index (χ4v) is 1.72. The number of carbonyl (C=O) groups is 2. The minimum Gasteiger partial charge on any atom is -0.469 e. The lowest BCUT2D eigenvalue weighted by Crippen LogP contribution is -2.52. The van der Waals surface area contributed by atoms with Gasteiger partial charge in [-0.15, -0.1) is 0 Å². The van der Waals surface area contributed by atoms with Crippen molar-refractivity contribution in [1.82, 2.24) is 10.6 Å². The minimum absolute atomic E-state index is 0.0106. The Hall–Kier alpha value is -1.34. The molecule has 0 aliphatic carbocycles. The summed E-state index contributed by atoms with van der Waals surface area (Å²) in [5.74, 6) is -0.290. The highest BCUT2D eigenvalue weighted by molar-refractivity contribution is 5.69. The van der Waals surface area contributed by atoms with Crippen molar-refractivity contribution in [2.24, 2.45) is 0 Å². The van der Waals surface area contributed by atoms with Crippen LogP contribution in [0.1, 0.15) is 27.2 Å². The molecule has 1 saturated heterocycles.